The molecule has 0 bridgehead atoms. The Morgan fingerprint density at radius 3 is 2.94 bits per heavy atom. The number of carbonyl (C=O) groups is 1. The molecule has 4 aromatic rings. The fraction of sp³-hybridized carbons (Fsp3) is 0.300. The molecule has 1 amide bonds. The normalized spacial score (nSPS) is 17.2. The molecule has 5 heterocycles. The number of alkyl halides is 2. The van der Waals surface area contributed by atoms with Crippen LogP contribution in [0.5, 0.6) is 0 Å². The largest absolute Gasteiger partial charge is 0.432 e. The first-order chi connectivity index (χ1) is 15.3. The molecule has 1 aliphatic rings. The molecule has 32 heavy (non-hydrogen) atoms. The van der Waals surface area contributed by atoms with E-state index < -0.39 is 41.7 Å². The van der Waals surface area contributed by atoms with Crippen molar-refractivity contribution in [2.75, 3.05) is 6.54 Å². The number of aromatic nitrogens is 5. The van der Waals surface area contributed by atoms with Crippen LogP contribution in [0.1, 0.15) is 64.7 Å². The third-order valence-corrected chi connectivity index (χ3v) is 5.36. The van der Waals surface area contributed by atoms with Crippen molar-refractivity contribution in [1.82, 2.24) is 29.5 Å². The number of nitrogens with zero attached hydrogens (tertiary/aromatic N) is 5. The van der Waals surface area contributed by atoms with Gasteiger partial charge in [-0.25, -0.2) is 27.7 Å². The number of nitrogens with one attached hydrogen (secondary N) is 1. The van der Waals surface area contributed by atoms with E-state index >= 15 is 0 Å². The fourth-order valence-electron chi connectivity index (χ4n) is 3.89. The molecule has 0 saturated carbocycles. The summed E-state index contributed by atoms with van der Waals surface area (Å²) in [4.78, 5) is 25.6. The van der Waals surface area contributed by atoms with Crippen LogP contribution in [0.2, 0.25) is 0 Å². The maximum absolute atomic E-state index is 14.3. The number of hydrogen-bond acceptors (Lipinski definition) is 6. The molecule has 0 saturated heterocycles. The Kier molecular flexibility index (Phi) is 4.73. The van der Waals surface area contributed by atoms with E-state index in [9.17, 15) is 23.1 Å². The summed E-state index contributed by atoms with van der Waals surface area (Å²) in [6.07, 6.45) is -0.945. The molecule has 4 aromatic heterocycles. The summed E-state index contributed by atoms with van der Waals surface area (Å²) >= 11 is 0. The number of aliphatic hydroxyl groups is 1. The van der Waals surface area contributed by atoms with Gasteiger partial charge in [-0.2, -0.15) is 5.10 Å². The van der Waals surface area contributed by atoms with E-state index in [-0.39, 0.29) is 18.0 Å². The van der Waals surface area contributed by atoms with Crippen LogP contribution in [0.4, 0.5) is 13.2 Å². The van der Waals surface area contributed by atoms with Gasteiger partial charge in [0.1, 0.15) is 23.5 Å². The Balaban J connectivity index is 1.63. The number of oxazole rings is 1. The zero-order valence-corrected chi connectivity index (χ0v) is 16.7. The second-order valence-corrected chi connectivity index (χ2v) is 7.42. The van der Waals surface area contributed by atoms with E-state index in [4.69, 9.17) is 4.42 Å². The van der Waals surface area contributed by atoms with Gasteiger partial charge in [-0.05, 0) is 25.1 Å². The van der Waals surface area contributed by atoms with Crippen molar-refractivity contribution < 1.29 is 27.5 Å². The van der Waals surface area contributed by atoms with Gasteiger partial charge in [-0.1, -0.05) is 0 Å². The molecule has 2 N–H and O–H groups in total. The number of rotatable bonds is 4. The molecule has 2 atom stereocenters. The van der Waals surface area contributed by atoms with Gasteiger partial charge in [-0.15, -0.1) is 0 Å². The topological polar surface area (TPSA) is 113 Å². The molecule has 12 heteroatoms. The maximum Gasteiger partial charge on any atom is 0.292 e. The Hall–Kier alpha value is -3.67. The SMILES string of the molecule is C[C@@H](O)c1nc(C(F)F)c(C(=O)N2CCc3[nH]cnc3[C@H]2c2cc3c(F)cccn3n2)o1. The number of pyridine rings is 1. The lowest BCUT2D eigenvalue weighted by Gasteiger charge is -2.33. The van der Waals surface area contributed by atoms with E-state index in [1.54, 1.807) is 6.20 Å². The van der Waals surface area contributed by atoms with Crippen LogP contribution >= 0.6 is 0 Å². The summed E-state index contributed by atoms with van der Waals surface area (Å²) in [5.74, 6) is -2.39. The highest BCUT2D eigenvalue weighted by Gasteiger charge is 2.40. The van der Waals surface area contributed by atoms with Gasteiger partial charge in [0.2, 0.25) is 11.7 Å². The highest BCUT2D eigenvalue weighted by molar-refractivity contribution is 5.93. The van der Waals surface area contributed by atoms with E-state index in [1.807, 2.05) is 0 Å². The van der Waals surface area contributed by atoms with Crippen LogP contribution in [0.15, 0.2) is 35.1 Å². The van der Waals surface area contributed by atoms with Crippen molar-refractivity contribution in [2.24, 2.45) is 0 Å². The second-order valence-electron chi connectivity index (χ2n) is 7.42. The molecule has 5 rings (SSSR count). The molecule has 0 unspecified atom stereocenters. The lowest BCUT2D eigenvalue weighted by Crippen LogP contribution is -2.41. The van der Waals surface area contributed by atoms with Crippen molar-refractivity contribution in [3.05, 3.63) is 71.0 Å². The number of amides is 1. The number of halogens is 3. The first-order valence-corrected chi connectivity index (χ1v) is 9.79. The van der Waals surface area contributed by atoms with E-state index in [0.717, 1.165) is 5.69 Å². The molecular weight excluding hydrogens is 429 g/mol. The molecule has 0 aliphatic carbocycles. The summed E-state index contributed by atoms with van der Waals surface area (Å²) in [5, 5.41) is 14.1. The summed E-state index contributed by atoms with van der Waals surface area (Å²) in [7, 11) is 0. The van der Waals surface area contributed by atoms with Crippen LogP contribution in [0, 0.1) is 5.82 Å². The van der Waals surface area contributed by atoms with Gasteiger partial charge < -0.3 is 19.4 Å². The first kappa shape index (κ1) is 20.2. The Morgan fingerprint density at radius 2 is 2.22 bits per heavy atom. The zero-order chi connectivity index (χ0) is 22.6. The summed E-state index contributed by atoms with van der Waals surface area (Å²) in [6.45, 7) is 1.43. The third kappa shape index (κ3) is 3.14. The van der Waals surface area contributed by atoms with E-state index in [1.165, 1.54) is 40.9 Å². The lowest BCUT2D eigenvalue weighted by molar-refractivity contribution is 0.0631. The minimum absolute atomic E-state index is 0.141. The molecule has 0 spiro atoms. The average Bonchev–Trinajstić information content (AvgIpc) is 3.49. The molecular formula is C20H17F3N6O3. The molecule has 9 nitrogen and oxygen atoms in total. The predicted molar refractivity (Wildman–Crippen MR) is 102 cm³/mol. The van der Waals surface area contributed by atoms with Crippen LogP contribution in [0.3, 0.4) is 0 Å². The first-order valence-electron chi connectivity index (χ1n) is 9.79. The highest BCUT2D eigenvalue weighted by Crippen LogP contribution is 2.36. The zero-order valence-electron chi connectivity index (χ0n) is 16.7. The Morgan fingerprint density at radius 1 is 1.41 bits per heavy atom. The molecule has 166 valence electrons. The summed E-state index contributed by atoms with van der Waals surface area (Å²) in [6, 6.07) is 3.39. The minimum Gasteiger partial charge on any atom is -0.432 e. The monoisotopic (exact) mass is 446 g/mol. The van der Waals surface area contributed by atoms with Crippen molar-refractivity contribution in [3.8, 4) is 0 Å². The number of hydrogen-bond donors (Lipinski definition) is 2. The van der Waals surface area contributed by atoms with Crippen LogP contribution < -0.4 is 0 Å². The number of imidazole rings is 1. The third-order valence-electron chi connectivity index (χ3n) is 5.36. The average molecular weight is 446 g/mol. The standard InChI is InChI=1S/C20H17F3N6O3/c1-9(30)19-26-15(18(22)23)17(32-19)20(31)28-6-4-11-14(25-8-24-11)16(28)12-7-13-10(21)3-2-5-29(13)27-12/h2-3,5,7-9,16,18,30H,4,6H2,1H3,(H,24,25)/t9-,16-/m1/s1. The number of H-pyrrole nitrogens is 1. The van der Waals surface area contributed by atoms with Crippen LogP contribution in [-0.2, 0) is 6.42 Å². The van der Waals surface area contributed by atoms with Crippen LogP contribution in [-0.4, -0.2) is 47.0 Å². The van der Waals surface area contributed by atoms with E-state index in [2.05, 4.69) is 20.1 Å². The van der Waals surface area contributed by atoms with Gasteiger partial charge in [0.05, 0.1) is 17.7 Å². The molecule has 0 fully saturated rings. The number of fused-ring (bicyclic) bond motifs is 2. The van der Waals surface area contributed by atoms with Gasteiger partial charge in [0, 0.05) is 24.9 Å². The van der Waals surface area contributed by atoms with Crippen molar-refractivity contribution in [1.29, 1.82) is 0 Å². The minimum atomic E-state index is -3.08. The van der Waals surface area contributed by atoms with Gasteiger partial charge in [0.25, 0.3) is 12.3 Å². The second kappa shape index (κ2) is 7.48. The Bertz CT molecular complexity index is 1310. The number of aliphatic hydroxyl groups excluding tert-OH is 1. The Labute approximate surface area is 178 Å². The maximum atomic E-state index is 14.3. The predicted octanol–water partition coefficient (Wildman–Crippen LogP) is 2.96. The van der Waals surface area contributed by atoms with Crippen LogP contribution in [0.25, 0.3) is 5.52 Å². The number of aromatic amines is 1. The van der Waals surface area contributed by atoms with E-state index in [0.29, 0.717) is 17.8 Å². The van der Waals surface area contributed by atoms with Gasteiger partial charge >= 0.3 is 0 Å². The molecule has 0 aromatic carbocycles. The van der Waals surface area contributed by atoms with Gasteiger partial charge in [-0.3, -0.25) is 4.79 Å². The number of carbonyl (C=O) groups excluding carboxylic acids is 1. The summed E-state index contributed by atoms with van der Waals surface area (Å²) in [5.41, 5.74) is 0.890. The molecule has 0 radical (unpaired) electrons. The van der Waals surface area contributed by atoms with Crippen molar-refractivity contribution in [2.45, 2.75) is 31.9 Å². The smallest absolute Gasteiger partial charge is 0.292 e. The van der Waals surface area contributed by atoms with Gasteiger partial charge in [0.15, 0.2) is 5.69 Å². The summed E-state index contributed by atoms with van der Waals surface area (Å²) < 4.78 is 48.0. The van der Waals surface area contributed by atoms with Crippen molar-refractivity contribution >= 4 is 11.4 Å². The van der Waals surface area contributed by atoms with Crippen molar-refractivity contribution in [3.63, 3.8) is 0 Å². The fourth-order valence-corrected chi connectivity index (χ4v) is 3.89. The molecule has 1 aliphatic heterocycles. The highest BCUT2D eigenvalue weighted by atomic mass is 19.3. The lowest BCUT2D eigenvalue weighted by atomic mass is 9.99. The quantitative estimate of drug-likeness (QED) is 0.499.